The molecule has 0 aromatic carbocycles. The van der Waals surface area contributed by atoms with E-state index in [-0.39, 0.29) is 6.10 Å². The maximum atomic E-state index is 10.1. The molecule has 1 heteroatoms. The second-order valence-corrected chi connectivity index (χ2v) is 9.92. The van der Waals surface area contributed by atoms with Crippen molar-refractivity contribution < 1.29 is 5.11 Å². The monoisotopic (exact) mass is 340 g/mol. The van der Waals surface area contributed by atoms with E-state index in [9.17, 15) is 5.11 Å². The van der Waals surface area contributed by atoms with Gasteiger partial charge in [0.1, 0.15) is 0 Å². The van der Waals surface area contributed by atoms with Gasteiger partial charge in [0.05, 0.1) is 6.10 Å². The Kier molecular flexibility index (Phi) is 4.33. The molecule has 0 amide bonds. The third-order valence-electron chi connectivity index (χ3n) is 8.98. The summed E-state index contributed by atoms with van der Waals surface area (Å²) in [5, 5.41) is 10.1. The molecule has 3 fully saturated rings. The highest BCUT2D eigenvalue weighted by molar-refractivity contribution is 5.26. The van der Waals surface area contributed by atoms with Gasteiger partial charge in [-0.05, 0) is 111 Å². The van der Waals surface area contributed by atoms with Crippen LogP contribution in [0.25, 0.3) is 0 Å². The molecule has 138 valence electrons. The molecule has 4 rings (SSSR count). The van der Waals surface area contributed by atoms with Gasteiger partial charge >= 0.3 is 0 Å². The summed E-state index contributed by atoms with van der Waals surface area (Å²) < 4.78 is 0. The molecule has 0 radical (unpaired) electrons. The average Bonchev–Trinajstić information content (AvgIpc) is 2.93. The second kappa shape index (κ2) is 6.14. The molecule has 0 bridgehead atoms. The third kappa shape index (κ3) is 2.54. The molecule has 0 saturated heterocycles. The van der Waals surface area contributed by atoms with Crippen LogP contribution in [0.5, 0.6) is 0 Å². The molecular formula is C24H36O. The molecule has 25 heavy (non-hydrogen) atoms. The molecule has 0 spiro atoms. The molecule has 0 aromatic rings. The van der Waals surface area contributed by atoms with Crippen LogP contribution in [0.1, 0.15) is 79.1 Å². The van der Waals surface area contributed by atoms with Crippen LogP contribution in [0.2, 0.25) is 0 Å². The summed E-state index contributed by atoms with van der Waals surface area (Å²) in [5.41, 5.74) is 7.48. The molecule has 3 unspecified atom stereocenters. The number of allylic oxidation sites excluding steroid dienone is 2. The van der Waals surface area contributed by atoms with Gasteiger partial charge in [0.25, 0.3) is 0 Å². The Hall–Kier alpha value is -0.780. The second-order valence-electron chi connectivity index (χ2n) is 9.92. The fourth-order valence-electron chi connectivity index (χ4n) is 7.75. The zero-order chi connectivity index (χ0) is 17.8. The average molecular weight is 341 g/mol. The van der Waals surface area contributed by atoms with Crippen LogP contribution >= 0.6 is 0 Å². The smallest absolute Gasteiger partial charge is 0.0724 e. The molecular weight excluding hydrogens is 304 g/mol. The molecule has 0 aromatic heterocycles. The SMILES string of the molecule is CC=C=C(C)[C@H]1CCC2C3CCC4=C[C@@H](O)CC[C@]4(C)C3CC[C@@]21C. The van der Waals surface area contributed by atoms with E-state index in [0.29, 0.717) is 10.8 Å². The summed E-state index contributed by atoms with van der Waals surface area (Å²) in [7, 11) is 0. The summed E-state index contributed by atoms with van der Waals surface area (Å²) in [6.45, 7) is 9.55. The Morgan fingerprint density at radius 1 is 1.12 bits per heavy atom. The van der Waals surface area contributed by atoms with Gasteiger partial charge in [0, 0.05) is 0 Å². The minimum Gasteiger partial charge on any atom is -0.389 e. The number of hydrogen-bond acceptors (Lipinski definition) is 1. The molecule has 4 aliphatic carbocycles. The lowest BCUT2D eigenvalue weighted by molar-refractivity contribution is -0.0507. The normalized spacial score (nSPS) is 48.5. The predicted molar refractivity (Wildman–Crippen MR) is 104 cm³/mol. The number of aliphatic hydroxyl groups excluding tert-OH is 1. The first-order valence-electron chi connectivity index (χ1n) is 10.7. The minimum atomic E-state index is -0.182. The van der Waals surface area contributed by atoms with Crippen LogP contribution in [0, 0.1) is 34.5 Å². The molecule has 1 N–H and O–H groups in total. The van der Waals surface area contributed by atoms with E-state index in [1.165, 1.54) is 50.5 Å². The van der Waals surface area contributed by atoms with Crippen LogP contribution in [-0.2, 0) is 0 Å². The van der Waals surface area contributed by atoms with Crippen molar-refractivity contribution in [3.8, 4) is 0 Å². The lowest BCUT2D eigenvalue weighted by Gasteiger charge is -2.58. The van der Waals surface area contributed by atoms with E-state index >= 15 is 0 Å². The Morgan fingerprint density at radius 3 is 2.68 bits per heavy atom. The van der Waals surface area contributed by atoms with E-state index in [0.717, 1.165) is 30.1 Å². The van der Waals surface area contributed by atoms with Crippen molar-refractivity contribution in [3.05, 3.63) is 29.0 Å². The van der Waals surface area contributed by atoms with E-state index in [1.807, 2.05) is 0 Å². The topological polar surface area (TPSA) is 20.2 Å². The van der Waals surface area contributed by atoms with E-state index < -0.39 is 0 Å². The zero-order valence-electron chi connectivity index (χ0n) is 16.6. The van der Waals surface area contributed by atoms with Crippen molar-refractivity contribution >= 4 is 0 Å². The fraction of sp³-hybridized carbons (Fsp3) is 0.792. The summed E-state index contributed by atoms with van der Waals surface area (Å²) in [6.07, 6.45) is 14.5. The molecule has 0 heterocycles. The predicted octanol–water partition coefficient (Wildman–Crippen LogP) is 6.05. The standard InChI is InChI=1S/C24H36O/c1-5-6-16(2)20-9-10-21-19-8-7-17-15-18(25)11-13-23(17,3)22(19)12-14-24(20,21)4/h5,15,18-22,25H,7-14H2,1-4H3/t6?,18-,19?,20+,21?,22?,23-,24+/m0/s1. The Labute approximate surface area is 154 Å². The first-order valence-corrected chi connectivity index (χ1v) is 10.7. The van der Waals surface area contributed by atoms with Crippen LogP contribution in [0.4, 0.5) is 0 Å². The maximum Gasteiger partial charge on any atom is 0.0724 e. The lowest BCUT2D eigenvalue weighted by atomic mass is 9.46. The highest BCUT2D eigenvalue weighted by Gasteiger charge is 2.58. The quantitative estimate of drug-likeness (QED) is 0.455. The third-order valence-corrected chi connectivity index (χ3v) is 8.98. The molecule has 4 aliphatic rings. The van der Waals surface area contributed by atoms with Crippen LogP contribution in [0.15, 0.2) is 29.0 Å². The largest absolute Gasteiger partial charge is 0.389 e. The van der Waals surface area contributed by atoms with Gasteiger partial charge < -0.3 is 5.11 Å². The minimum absolute atomic E-state index is 0.182. The first kappa shape index (κ1) is 17.6. The van der Waals surface area contributed by atoms with Gasteiger partial charge in [0.2, 0.25) is 0 Å². The Bertz CT molecular complexity index is 636. The van der Waals surface area contributed by atoms with Crippen LogP contribution in [0.3, 0.4) is 0 Å². The van der Waals surface area contributed by atoms with Crippen LogP contribution in [-0.4, -0.2) is 11.2 Å². The lowest BCUT2D eigenvalue weighted by Crippen LogP contribution is -2.50. The summed E-state index contributed by atoms with van der Waals surface area (Å²) >= 11 is 0. The highest BCUT2D eigenvalue weighted by Crippen LogP contribution is 2.67. The Balaban J connectivity index is 1.65. The van der Waals surface area contributed by atoms with Gasteiger partial charge in [-0.1, -0.05) is 25.5 Å². The van der Waals surface area contributed by atoms with Crippen molar-refractivity contribution in [3.63, 3.8) is 0 Å². The molecule has 3 saturated carbocycles. The van der Waals surface area contributed by atoms with Crippen LogP contribution < -0.4 is 0 Å². The fourth-order valence-corrected chi connectivity index (χ4v) is 7.75. The summed E-state index contributed by atoms with van der Waals surface area (Å²) in [5.74, 6) is 3.39. The number of rotatable bonds is 1. The molecule has 0 aliphatic heterocycles. The van der Waals surface area contributed by atoms with E-state index in [4.69, 9.17) is 0 Å². The number of hydrogen-bond donors (Lipinski definition) is 1. The van der Waals surface area contributed by atoms with Crippen molar-refractivity contribution in [1.82, 2.24) is 0 Å². The molecule has 1 nitrogen and oxygen atoms in total. The van der Waals surface area contributed by atoms with Crippen molar-refractivity contribution in [2.75, 3.05) is 0 Å². The summed E-state index contributed by atoms with van der Waals surface area (Å²) in [6, 6.07) is 0. The maximum absolute atomic E-state index is 10.1. The summed E-state index contributed by atoms with van der Waals surface area (Å²) in [4.78, 5) is 0. The van der Waals surface area contributed by atoms with Gasteiger partial charge in [-0.2, -0.15) is 0 Å². The van der Waals surface area contributed by atoms with Crippen molar-refractivity contribution in [2.45, 2.75) is 85.2 Å². The van der Waals surface area contributed by atoms with Gasteiger partial charge in [-0.25, -0.2) is 0 Å². The van der Waals surface area contributed by atoms with E-state index in [2.05, 4.69) is 45.6 Å². The number of fused-ring (bicyclic) bond motifs is 5. The van der Waals surface area contributed by atoms with Crippen molar-refractivity contribution in [1.29, 1.82) is 0 Å². The highest BCUT2D eigenvalue weighted by atomic mass is 16.3. The van der Waals surface area contributed by atoms with Crippen molar-refractivity contribution in [2.24, 2.45) is 34.5 Å². The van der Waals surface area contributed by atoms with Gasteiger partial charge in [-0.3, -0.25) is 0 Å². The zero-order valence-corrected chi connectivity index (χ0v) is 16.6. The van der Waals surface area contributed by atoms with Gasteiger partial charge in [-0.15, -0.1) is 5.73 Å². The number of aliphatic hydroxyl groups is 1. The molecule has 7 atom stereocenters. The van der Waals surface area contributed by atoms with E-state index in [1.54, 1.807) is 5.57 Å². The Morgan fingerprint density at radius 2 is 1.92 bits per heavy atom. The first-order chi connectivity index (χ1) is 11.9. The van der Waals surface area contributed by atoms with Gasteiger partial charge in [0.15, 0.2) is 0 Å².